The normalized spacial score (nSPS) is 11.4. The van der Waals surface area contributed by atoms with Gasteiger partial charge in [-0.15, -0.1) is 0 Å². The summed E-state index contributed by atoms with van der Waals surface area (Å²) >= 11 is 0. The fraction of sp³-hybridized carbons (Fsp3) is 0.600. The molecule has 11 heavy (non-hydrogen) atoms. The first-order valence-corrected chi connectivity index (χ1v) is 2.80. The summed E-state index contributed by atoms with van der Waals surface area (Å²) in [4.78, 5) is 20.1. The van der Waals surface area contributed by atoms with E-state index in [0.29, 0.717) is 0 Å². The number of carboxylic acid groups (broad SMARTS) is 1. The van der Waals surface area contributed by atoms with E-state index in [1.165, 1.54) is 0 Å². The molecule has 5 N–H and O–H groups in total. The van der Waals surface area contributed by atoms with E-state index in [-0.39, 0.29) is 64.2 Å². The Hall–Kier alpha value is 0.536. The van der Waals surface area contributed by atoms with Crippen LogP contribution in [-0.2, 0) is 9.59 Å². The summed E-state index contributed by atoms with van der Waals surface area (Å²) in [5.41, 5.74) is 9.81. The van der Waals surface area contributed by atoms with Gasteiger partial charge in [-0.1, -0.05) is 0 Å². The molecule has 0 aromatic rings. The van der Waals surface area contributed by atoms with Crippen LogP contribution in [0.4, 0.5) is 0 Å². The van der Waals surface area contributed by atoms with Crippen LogP contribution in [0.15, 0.2) is 0 Å². The zero-order valence-electron chi connectivity index (χ0n) is 6.41. The van der Waals surface area contributed by atoms with Crippen molar-refractivity contribution in [2.75, 3.05) is 0 Å². The van der Waals surface area contributed by atoms with Crippen molar-refractivity contribution in [1.82, 2.24) is 0 Å². The smallest absolute Gasteiger partial charge is 0.320 e. The third-order valence-corrected chi connectivity index (χ3v) is 1.02. The van der Waals surface area contributed by atoms with Gasteiger partial charge in [-0.2, -0.15) is 0 Å². The Morgan fingerprint density at radius 2 is 1.91 bits per heavy atom. The van der Waals surface area contributed by atoms with Gasteiger partial charge in [0.05, 0.1) is 0 Å². The molecule has 1 amide bonds. The van der Waals surface area contributed by atoms with E-state index < -0.39 is 17.9 Å². The maximum atomic E-state index is 10.1. The molecule has 0 aliphatic heterocycles. The van der Waals surface area contributed by atoms with Gasteiger partial charge in [0, 0.05) is 57.8 Å². The van der Waals surface area contributed by atoms with E-state index in [4.69, 9.17) is 16.6 Å². The van der Waals surface area contributed by atoms with Crippen molar-refractivity contribution >= 4 is 63.3 Å². The Bertz CT molecular complexity index is 151. The predicted octanol–water partition coefficient (Wildman–Crippen LogP) is -1.72. The third-order valence-electron chi connectivity index (χ3n) is 1.02. The van der Waals surface area contributed by atoms with Crippen molar-refractivity contribution in [2.45, 2.75) is 18.9 Å². The van der Waals surface area contributed by atoms with E-state index in [9.17, 15) is 9.59 Å². The molecule has 0 aliphatic rings. The molecular weight excluding hydrogens is 175 g/mol. The summed E-state index contributed by atoms with van der Waals surface area (Å²) in [5, 5.41) is 8.22. The first kappa shape index (κ1) is 14.1. The summed E-state index contributed by atoms with van der Waals surface area (Å²) in [6, 6.07) is -0.979. The van der Waals surface area contributed by atoms with Gasteiger partial charge in [0.2, 0.25) is 5.91 Å². The number of primary amides is 1. The van der Waals surface area contributed by atoms with E-state index in [1.807, 2.05) is 0 Å². The van der Waals surface area contributed by atoms with Crippen LogP contribution in [0, 0.1) is 0 Å². The van der Waals surface area contributed by atoms with E-state index >= 15 is 0 Å². The third kappa shape index (κ3) is 8.44. The van der Waals surface area contributed by atoms with Crippen molar-refractivity contribution in [1.29, 1.82) is 0 Å². The van der Waals surface area contributed by atoms with Crippen LogP contribution in [0.5, 0.6) is 0 Å². The Morgan fingerprint density at radius 1 is 1.45 bits per heavy atom. The molecule has 1 radical (unpaired) electrons. The Kier molecular flexibility index (Phi) is 9.22. The van der Waals surface area contributed by atoms with Gasteiger partial charge in [-0.3, -0.25) is 9.59 Å². The Morgan fingerprint density at radius 3 is 2.18 bits per heavy atom. The molecular formula is C5H10KN2O3. The fourth-order valence-electron chi connectivity index (χ4n) is 0.421. The number of amides is 1. The maximum absolute atomic E-state index is 10.1. The largest absolute Gasteiger partial charge is 0.480 e. The van der Waals surface area contributed by atoms with Crippen LogP contribution >= 0.6 is 0 Å². The van der Waals surface area contributed by atoms with Crippen molar-refractivity contribution in [3.8, 4) is 0 Å². The topological polar surface area (TPSA) is 106 Å². The van der Waals surface area contributed by atoms with Crippen LogP contribution in [-0.4, -0.2) is 74.4 Å². The van der Waals surface area contributed by atoms with Crippen LogP contribution in [0.3, 0.4) is 0 Å². The first-order valence-electron chi connectivity index (χ1n) is 2.80. The maximum Gasteiger partial charge on any atom is 0.320 e. The molecule has 0 spiro atoms. The van der Waals surface area contributed by atoms with Crippen molar-refractivity contribution in [2.24, 2.45) is 11.5 Å². The summed E-state index contributed by atoms with van der Waals surface area (Å²) in [6.07, 6.45) is 0.123. The van der Waals surface area contributed by atoms with Crippen LogP contribution in [0.1, 0.15) is 12.8 Å². The van der Waals surface area contributed by atoms with Crippen LogP contribution < -0.4 is 11.5 Å². The summed E-state index contributed by atoms with van der Waals surface area (Å²) in [5.74, 6) is -1.64. The molecule has 0 fully saturated rings. The molecule has 0 bridgehead atoms. The van der Waals surface area contributed by atoms with Crippen molar-refractivity contribution in [3.63, 3.8) is 0 Å². The molecule has 5 nitrogen and oxygen atoms in total. The van der Waals surface area contributed by atoms with E-state index in [0.717, 1.165) is 0 Å². The molecule has 0 unspecified atom stereocenters. The molecule has 59 valence electrons. The number of carbonyl (C=O) groups is 2. The molecule has 0 aromatic heterocycles. The van der Waals surface area contributed by atoms with Crippen molar-refractivity contribution < 1.29 is 14.7 Å². The molecule has 0 saturated heterocycles. The predicted molar refractivity (Wildman–Crippen MR) is 39.8 cm³/mol. The fourth-order valence-corrected chi connectivity index (χ4v) is 0.421. The SMILES string of the molecule is NC(=O)CC[C@H](N)C(=O)O.[K]. The minimum Gasteiger partial charge on any atom is -0.480 e. The van der Waals surface area contributed by atoms with Gasteiger partial charge < -0.3 is 16.6 Å². The molecule has 0 heterocycles. The molecule has 6 heteroatoms. The van der Waals surface area contributed by atoms with E-state index in [2.05, 4.69) is 0 Å². The molecule has 0 saturated carbocycles. The van der Waals surface area contributed by atoms with Gasteiger partial charge in [0.1, 0.15) is 6.04 Å². The monoisotopic (exact) mass is 185 g/mol. The van der Waals surface area contributed by atoms with Crippen molar-refractivity contribution in [3.05, 3.63) is 0 Å². The number of aliphatic carboxylic acids is 1. The standard InChI is InChI=1S/C5H10N2O3.K/c6-3(5(9)10)1-2-4(7)8;/h3H,1-2,6H2,(H2,7,8)(H,9,10);/t3-;/m0./s1. The number of hydrogen-bond donors (Lipinski definition) is 3. The number of carboxylic acids is 1. The quantitative estimate of drug-likeness (QED) is 0.453. The molecule has 1 atom stereocenters. The summed E-state index contributed by atoms with van der Waals surface area (Å²) in [6.45, 7) is 0. The second-order valence-corrected chi connectivity index (χ2v) is 1.95. The van der Waals surface area contributed by atoms with Crippen LogP contribution in [0.2, 0.25) is 0 Å². The van der Waals surface area contributed by atoms with Gasteiger partial charge in [0.15, 0.2) is 0 Å². The van der Waals surface area contributed by atoms with Crippen LogP contribution in [0.25, 0.3) is 0 Å². The Balaban J connectivity index is 0. The second kappa shape index (κ2) is 7.20. The summed E-state index contributed by atoms with van der Waals surface area (Å²) < 4.78 is 0. The number of carbonyl (C=O) groups excluding carboxylic acids is 1. The minimum atomic E-state index is -1.11. The zero-order chi connectivity index (χ0) is 8.15. The average Bonchev–Trinajstić information content (AvgIpc) is 1.82. The minimum absolute atomic E-state index is 0. The van der Waals surface area contributed by atoms with Gasteiger partial charge in [0.25, 0.3) is 0 Å². The Labute approximate surface area is 107 Å². The van der Waals surface area contributed by atoms with Gasteiger partial charge in [-0.25, -0.2) is 0 Å². The second-order valence-electron chi connectivity index (χ2n) is 1.95. The molecule has 0 rings (SSSR count). The summed E-state index contributed by atoms with van der Waals surface area (Å²) in [7, 11) is 0. The van der Waals surface area contributed by atoms with Gasteiger partial charge in [-0.05, 0) is 6.42 Å². The van der Waals surface area contributed by atoms with E-state index in [1.54, 1.807) is 0 Å². The van der Waals surface area contributed by atoms with Gasteiger partial charge >= 0.3 is 5.97 Å². The number of rotatable bonds is 4. The first-order chi connectivity index (χ1) is 4.54. The molecule has 0 aromatic carbocycles. The number of nitrogens with two attached hydrogens (primary N) is 2. The number of hydrogen-bond acceptors (Lipinski definition) is 3. The zero-order valence-corrected chi connectivity index (χ0v) is 9.53. The average molecular weight is 185 g/mol. The molecule has 0 aliphatic carbocycles.